The van der Waals surface area contributed by atoms with Crippen molar-refractivity contribution in [3.63, 3.8) is 0 Å². The Bertz CT molecular complexity index is 251. The highest BCUT2D eigenvalue weighted by Crippen LogP contribution is 2.10. The van der Waals surface area contributed by atoms with Crippen molar-refractivity contribution in [3.05, 3.63) is 11.9 Å². The fraction of sp³-hybridized carbons (Fsp3) is 0.750. The lowest BCUT2D eigenvalue weighted by atomic mass is 10.2. The summed E-state index contributed by atoms with van der Waals surface area (Å²) in [6, 6.07) is 0.347. The van der Waals surface area contributed by atoms with Gasteiger partial charge in [-0.15, -0.1) is 5.10 Å². The molecular formula is C8H14BrN3O. The number of hydrogen-bond donors (Lipinski definition) is 0. The second-order valence-corrected chi connectivity index (χ2v) is 3.51. The molecule has 0 saturated carbocycles. The molecule has 13 heavy (non-hydrogen) atoms. The van der Waals surface area contributed by atoms with E-state index in [2.05, 4.69) is 33.2 Å². The van der Waals surface area contributed by atoms with Crippen molar-refractivity contribution in [2.24, 2.45) is 0 Å². The van der Waals surface area contributed by atoms with Crippen LogP contribution >= 0.6 is 15.9 Å². The standard InChI is InChI=1S/C8H14BrN3O/c1-7(3-4-13-2)12-6-8(5-9)10-11-12/h6-7H,3-5H2,1-2H3. The predicted molar refractivity (Wildman–Crippen MR) is 53.9 cm³/mol. The minimum atomic E-state index is 0.347. The van der Waals surface area contributed by atoms with Gasteiger partial charge in [-0.05, 0) is 13.3 Å². The summed E-state index contributed by atoms with van der Waals surface area (Å²) in [7, 11) is 1.71. The van der Waals surface area contributed by atoms with Gasteiger partial charge in [0.1, 0.15) is 0 Å². The van der Waals surface area contributed by atoms with Crippen molar-refractivity contribution in [1.29, 1.82) is 0 Å². The normalized spacial score (nSPS) is 13.2. The van der Waals surface area contributed by atoms with Gasteiger partial charge < -0.3 is 4.74 Å². The van der Waals surface area contributed by atoms with Crippen molar-refractivity contribution in [1.82, 2.24) is 15.0 Å². The molecule has 0 amide bonds. The Hall–Kier alpha value is -0.420. The molecular weight excluding hydrogens is 234 g/mol. The molecule has 1 aromatic heterocycles. The summed E-state index contributed by atoms with van der Waals surface area (Å²) in [5, 5.41) is 8.76. The largest absolute Gasteiger partial charge is 0.385 e. The molecule has 1 unspecified atom stereocenters. The number of nitrogens with zero attached hydrogens (tertiary/aromatic N) is 3. The van der Waals surface area contributed by atoms with Crippen LogP contribution < -0.4 is 0 Å². The van der Waals surface area contributed by atoms with Crippen molar-refractivity contribution in [2.75, 3.05) is 13.7 Å². The Kier molecular flexibility index (Phi) is 4.38. The molecule has 74 valence electrons. The highest BCUT2D eigenvalue weighted by molar-refractivity contribution is 9.08. The van der Waals surface area contributed by atoms with Gasteiger partial charge in [0.05, 0.1) is 11.7 Å². The molecule has 0 spiro atoms. The molecule has 1 rings (SSSR count). The summed E-state index contributed by atoms with van der Waals surface area (Å²) < 4.78 is 6.87. The first-order chi connectivity index (χ1) is 6.27. The monoisotopic (exact) mass is 247 g/mol. The Morgan fingerprint density at radius 3 is 3.00 bits per heavy atom. The molecule has 0 radical (unpaired) electrons. The van der Waals surface area contributed by atoms with E-state index in [1.165, 1.54) is 0 Å². The highest BCUT2D eigenvalue weighted by atomic mass is 79.9. The van der Waals surface area contributed by atoms with Crippen LogP contribution in [-0.4, -0.2) is 28.7 Å². The first-order valence-corrected chi connectivity index (χ1v) is 5.35. The number of methoxy groups -OCH3 is 1. The smallest absolute Gasteiger partial charge is 0.0932 e. The quantitative estimate of drug-likeness (QED) is 0.745. The average molecular weight is 248 g/mol. The van der Waals surface area contributed by atoms with Crippen LogP contribution in [-0.2, 0) is 10.1 Å². The van der Waals surface area contributed by atoms with Crippen LogP contribution in [0, 0.1) is 0 Å². The van der Waals surface area contributed by atoms with E-state index < -0.39 is 0 Å². The van der Waals surface area contributed by atoms with Gasteiger partial charge in [0.15, 0.2) is 0 Å². The number of alkyl halides is 1. The summed E-state index contributed by atoms with van der Waals surface area (Å²) in [4.78, 5) is 0. The van der Waals surface area contributed by atoms with Crippen LogP contribution in [0.3, 0.4) is 0 Å². The van der Waals surface area contributed by atoms with E-state index in [-0.39, 0.29) is 0 Å². The zero-order valence-electron chi connectivity index (χ0n) is 7.90. The number of hydrogen-bond acceptors (Lipinski definition) is 3. The van der Waals surface area contributed by atoms with Gasteiger partial charge in [-0.1, -0.05) is 21.1 Å². The molecule has 0 aromatic carbocycles. The number of halogens is 1. The van der Waals surface area contributed by atoms with E-state index in [0.29, 0.717) is 6.04 Å². The van der Waals surface area contributed by atoms with Gasteiger partial charge in [-0.2, -0.15) is 0 Å². The van der Waals surface area contributed by atoms with Crippen LogP contribution in [0.25, 0.3) is 0 Å². The first-order valence-electron chi connectivity index (χ1n) is 4.23. The first kappa shape index (κ1) is 10.7. The van der Waals surface area contributed by atoms with Crippen molar-refractivity contribution < 1.29 is 4.74 Å². The molecule has 5 heteroatoms. The molecule has 0 bridgehead atoms. The molecule has 0 saturated heterocycles. The Labute approximate surface area is 86.4 Å². The summed E-state index contributed by atoms with van der Waals surface area (Å²) in [6.07, 6.45) is 2.91. The summed E-state index contributed by atoms with van der Waals surface area (Å²) >= 11 is 3.33. The van der Waals surface area contributed by atoms with E-state index in [9.17, 15) is 0 Å². The molecule has 0 aliphatic rings. The van der Waals surface area contributed by atoms with Gasteiger partial charge in [0.25, 0.3) is 0 Å². The van der Waals surface area contributed by atoms with Crippen LogP contribution in [0.1, 0.15) is 25.1 Å². The van der Waals surface area contributed by atoms with Gasteiger partial charge in [-0.25, -0.2) is 4.68 Å². The zero-order valence-corrected chi connectivity index (χ0v) is 9.49. The second-order valence-electron chi connectivity index (χ2n) is 2.95. The van der Waals surface area contributed by atoms with Crippen LogP contribution in [0.5, 0.6) is 0 Å². The fourth-order valence-electron chi connectivity index (χ4n) is 1.01. The Balaban J connectivity index is 2.50. The molecule has 1 aromatic rings. The van der Waals surface area contributed by atoms with E-state index in [4.69, 9.17) is 4.74 Å². The SMILES string of the molecule is COCCC(C)n1cc(CBr)nn1. The predicted octanol–water partition coefficient (Wildman–Crippen LogP) is 1.77. The second kappa shape index (κ2) is 5.34. The van der Waals surface area contributed by atoms with Gasteiger partial charge in [-0.3, -0.25) is 0 Å². The van der Waals surface area contributed by atoms with E-state index in [0.717, 1.165) is 24.1 Å². The van der Waals surface area contributed by atoms with Crippen LogP contribution in [0.15, 0.2) is 6.20 Å². The number of ether oxygens (including phenoxy) is 1. The minimum Gasteiger partial charge on any atom is -0.385 e. The third-order valence-electron chi connectivity index (χ3n) is 1.89. The van der Waals surface area contributed by atoms with E-state index >= 15 is 0 Å². The maximum absolute atomic E-state index is 5.00. The average Bonchev–Trinajstić information content (AvgIpc) is 2.62. The van der Waals surface area contributed by atoms with Gasteiger partial charge in [0, 0.05) is 25.2 Å². The van der Waals surface area contributed by atoms with Crippen molar-refractivity contribution >= 4 is 15.9 Å². The maximum Gasteiger partial charge on any atom is 0.0932 e. The lowest BCUT2D eigenvalue weighted by molar-refractivity contribution is 0.178. The van der Waals surface area contributed by atoms with Gasteiger partial charge >= 0.3 is 0 Å². The van der Waals surface area contributed by atoms with E-state index in [1.54, 1.807) is 7.11 Å². The Morgan fingerprint density at radius 2 is 2.46 bits per heavy atom. The van der Waals surface area contributed by atoms with Crippen molar-refractivity contribution in [3.8, 4) is 0 Å². The van der Waals surface area contributed by atoms with Crippen molar-refractivity contribution in [2.45, 2.75) is 24.7 Å². The molecule has 4 nitrogen and oxygen atoms in total. The molecule has 1 heterocycles. The third kappa shape index (κ3) is 3.08. The molecule has 0 fully saturated rings. The van der Waals surface area contributed by atoms with Gasteiger partial charge in [0.2, 0.25) is 0 Å². The lowest BCUT2D eigenvalue weighted by Gasteiger charge is -2.09. The van der Waals surface area contributed by atoms with Crippen LogP contribution in [0.4, 0.5) is 0 Å². The number of rotatable bonds is 5. The molecule has 0 aliphatic carbocycles. The molecule has 0 N–H and O–H groups in total. The summed E-state index contributed by atoms with van der Waals surface area (Å²) in [5.41, 5.74) is 0.962. The summed E-state index contributed by atoms with van der Waals surface area (Å²) in [6.45, 7) is 2.86. The highest BCUT2D eigenvalue weighted by Gasteiger charge is 2.06. The number of aromatic nitrogens is 3. The van der Waals surface area contributed by atoms with E-state index in [1.807, 2.05) is 10.9 Å². The van der Waals surface area contributed by atoms with Crippen LogP contribution in [0.2, 0.25) is 0 Å². The topological polar surface area (TPSA) is 39.9 Å². The maximum atomic E-state index is 5.00. The lowest BCUT2D eigenvalue weighted by Crippen LogP contribution is -2.08. The minimum absolute atomic E-state index is 0.347. The Morgan fingerprint density at radius 1 is 1.69 bits per heavy atom. The molecule has 0 aliphatic heterocycles. The zero-order chi connectivity index (χ0) is 9.68. The molecule has 1 atom stereocenters. The fourth-order valence-corrected chi connectivity index (χ4v) is 1.27. The summed E-state index contributed by atoms with van der Waals surface area (Å²) in [5.74, 6) is 0. The third-order valence-corrected chi connectivity index (χ3v) is 2.46.